The summed E-state index contributed by atoms with van der Waals surface area (Å²) in [5.41, 5.74) is 7.62. The van der Waals surface area contributed by atoms with Crippen LogP contribution < -0.4 is 5.73 Å². The van der Waals surface area contributed by atoms with Crippen LogP contribution in [0.15, 0.2) is 24.3 Å². The Bertz CT molecular complexity index is 549. The molecule has 3 heteroatoms. The van der Waals surface area contributed by atoms with Gasteiger partial charge in [0.05, 0.1) is 15.2 Å². The van der Waals surface area contributed by atoms with Gasteiger partial charge in [0.15, 0.2) is 0 Å². The maximum Gasteiger partial charge on any atom is 0.0944 e. The van der Waals surface area contributed by atoms with Crippen LogP contribution in [0.2, 0.25) is 0 Å². The summed E-state index contributed by atoms with van der Waals surface area (Å²) in [7, 11) is 0. The van der Waals surface area contributed by atoms with Gasteiger partial charge in [-0.15, -0.1) is 11.3 Å². The topological polar surface area (TPSA) is 38.9 Å². The number of nitrogens with two attached hydrogens (primary N) is 1. The van der Waals surface area contributed by atoms with Crippen LogP contribution in [0.25, 0.3) is 10.2 Å². The highest BCUT2D eigenvalue weighted by Crippen LogP contribution is 2.43. The van der Waals surface area contributed by atoms with E-state index in [0.717, 1.165) is 24.4 Å². The number of benzene rings is 1. The lowest BCUT2D eigenvalue weighted by atomic mass is 9.68. The summed E-state index contributed by atoms with van der Waals surface area (Å²) in [5, 5.41) is 1.27. The maximum absolute atomic E-state index is 6.18. The number of nitrogens with zero attached hydrogens (tertiary/aromatic N) is 1. The normalized spacial score (nSPS) is 26.3. The average Bonchev–Trinajstić information content (AvgIpc) is 2.91. The van der Waals surface area contributed by atoms with Crippen LogP contribution in [0, 0.1) is 11.3 Å². The lowest BCUT2D eigenvalue weighted by Crippen LogP contribution is -2.36. The summed E-state index contributed by atoms with van der Waals surface area (Å²) in [6.07, 6.45) is 9.06. The van der Waals surface area contributed by atoms with E-state index in [0.29, 0.717) is 5.41 Å². The van der Waals surface area contributed by atoms with Crippen LogP contribution in [-0.2, 0) is 6.42 Å². The van der Waals surface area contributed by atoms with Crippen molar-refractivity contribution in [2.75, 3.05) is 6.54 Å². The Labute approximate surface area is 131 Å². The van der Waals surface area contributed by atoms with E-state index in [4.69, 9.17) is 10.7 Å². The highest BCUT2D eigenvalue weighted by molar-refractivity contribution is 7.18. The van der Waals surface area contributed by atoms with Gasteiger partial charge in [-0.05, 0) is 55.7 Å². The molecule has 0 unspecified atom stereocenters. The molecule has 0 atom stereocenters. The zero-order chi connectivity index (χ0) is 14.7. The number of aromatic nitrogens is 1. The molecule has 0 amide bonds. The second-order valence-electron chi connectivity index (χ2n) is 6.69. The van der Waals surface area contributed by atoms with Crippen molar-refractivity contribution >= 4 is 21.6 Å². The fourth-order valence-electron chi connectivity index (χ4n) is 3.76. The molecule has 2 nitrogen and oxygen atoms in total. The minimum absolute atomic E-state index is 0.304. The average molecular weight is 302 g/mol. The molecular formula is C18H26N2S. The first kappa shape index (κ1) is 15.0. The van der Waals surface area contributed by atoms with Gasteiger partial charge in [0.25, 0.3) is 0 Å². The van der Waals surface area contributed by atoms with Crippen molar-refractivity contribution < 1.29 is 0 Å². The Morgan fingerprint density at radius 1 is 1.29 bits per heavy atom. The molecule has 0 aliphatic heterocycles. The Morgan fingerprint density at radius 2 is 2.05 bits per heavy atom. The lowest BCUT2D eigenvalue weighted by molar-refractivity contribution is 0.151. The SMILES string of the molecule is CCCC1CCC(CN)(Cc2nc3ccccc3s2)CC1. The second kappa shape index (κ2) is 6.45. The molecule has 0 saturated heterocycles. The quantitative estimate of drug-likeness (QED) is 0.863. The van der Waals surface area contributed by atoms with Crippen molar-refractivity contribution in [3.63, 3.8) is 0 Å². The van der Waals surface area contributed by atoms with E-state index in [2.05, 4.69) is 31.2 Å². The molecule has 1 aliphatic carbocycles. The van der Waals surface area contributed by atoms with Gasteiger partial charge in [0.1, 0.15) is 0 Å². The fraction of sp³-hybridized carbons (Fsp3) is 0.611. The number of thiazole rings is 1. The van der Waals surface area contributed by atoms with Crippen molar-refractivity contribution in [2.24, 2.45) is 17.1 Å². The third kappa shape index (κ3) is 3.29. The summed E-state index contributed by atoms with van der Waals surface area (Å²) < 4.78 is 1.30. The van der Waals surface area contributed by atoms with Gasteiger partial charge in [-0.1, -0.05) is 31.9 Å². The van der Waals surface area contributed by atoms with Gasteiger partial charge < -0.3 is 5.73 Å². The summed E-state index contributed by atoms with van der Waals surface area (Å²) in [5.74, 6) is 0.935. The first-order valence-electron chi connectivity index (χ1n) is 8.29. The lowest BCUT2D eigenvalue weighted by Gasteiger charge is -2.39. The maximum atomic E-state index is 6.18. The van der Waals surface area contributed by atoms with Crippen LogP contribution in [0.3, 0.4) is 0 Å². The summed E-state index contributed by atoms with van der Waals surface area (Å²) in [6, 6.07) is 8.45. The Morgan fingerprint density at radius 3 is 2.71 bits per heavy atom. The fourth-order valence-corrected chi connectivity index (χ4v) is 4.90. The Balaban J connectivity index is 1.72. The molecule has 1 fully saturated rings. The molecule has 1 aromatic carbocycles. The molecule has 1 heterocycles. The van der Waals surface area contributed by atoms with Gasteiger partial charge in [-0.25, -0.2) is 4.98 Å². The second-order valence-corrected chi connectivity index (χ2v) is 7.80. The zero-order valence-corrected chi connectivity index (χ0v) is 13.8. The third-order valence-corrected chi connectivity index (χ3v) is 6.20. The predicted octanol–water partition coefficient (Wildman–Crippen LogP) is 4.77. The highest BCUT2D eigenvalue weighted by Gasteiger charge is 2.34. The van der Waals surface area contributed by atoms with E-state index in [1.54, 1.807) is 0 Å². The molecule has 1 aliphatic rings. The van der Waals surface area contributed by atoms with Crippen LogP contribution in [0.1, 0.15) is 50.5 Å². The van der Waals surface area contributed by atoms with Crippen LogP contribution >= 0.6 is 11.3 Å². The predicted molar refractivity (Wildman–Crippen MR) is 91.7 cm³/mol. The summed E-state index contributed by atoms with van der Waals surface area (Å²) in [4.78, 5) is 4.82. The van der Waals surface area contributed by atoms with Crippen LogP contribution in [-0.4, -0.2) is 11.5 Å². The number of para-hydroxylation sites is 1. The van der Waals surface area contributed by atoms with Gasteiger partial charge in [0, 0.05) is 6.42 Å². The number of rotatable bonds is 5. The van der Waals surface area contributed by atoms with E-state index in [1.165, 1.54) is 48.2 Å². The highest BCUT2D eigenvalue weighted by atomic mass is 32.1. The third-order valence-electron chi connectivity index (χ3n) is 5.16. The van der Waals surface area contributed by atoms with Crippen LogP contribution in [0.4, 0.5) is 0 Å². The van der Waals surface area contributed by atoms with E-state index in [9.17, 15) is 0 Å². The monoisotopic (exact) mass is 302 g/mol. The molecule has 3 rings (SSSR count). The van der Waals surface area contributed by atoms with Crippen LogP contribution in [0.5, 0.6) is 0 Å². The van der Waals surface area contributed by atoms with Gasteiger partial charge in [-0.3, -0.25) is 0 Å². The smallest absolute Gasteiger partial charge is 0.0944 e. The standard InChI is InChI=1S/C18H26N2S/c1-2-5-14-8-10-18(13-19,11-9-14)12-17-20-15-6-3-4-7-16(15)21-17/h3-4,6-7,14H,2,5,8-13,19H2,1H3. The molecular weight excluding hydrogens is 276 g/mol. The molecule has 2 aromatic rings. The summed E-state index contributed by atoms with van der Waals surface area (Å²) >= 11 is 1.85. The van der Waals surface area contributed by atoms with E-state index in [1.807, 2.05) is 11.3 Å². The van der Waals surface area contributed by atoms with Crippen molar-refractivity contribution in [1.82, 2.24) is 4.98 Å². The molecule has 21 heavy (non-hydrogen) atoms. The molecule has 2 N–H and O–H groups in total. The van der Waals surface area contributed by atoms with E-state index < -0.39 is 0 Å². The summed E-state index contributed by atoms with van der Waals surface area (Å²) in [6.45, 7) is 3.10. The molecule has 1 aromatic heterocycles. The minimum atomic E-state index is 0.304. The largest absolute Gasteiger partial charge is 0.330 e. The Hall–Kier alpha value is -0.930. The minimum Gasteiger partial charge on any atom is -0.330 e. The van der Waals surface area contributed by atoms with Gasteiger partial charge in [-0.2, -0.15) is 0 Å². The van der Waals surface area contributed by atoms with Gasteiger partial charge in [0.2, 0.25) is 0 Å². The Kier molecular flexibility index (Phi) is 4.60. The van der Waals surface area contributed by atoms with Crippen molar-refractivity contribution in [1.29, 1.82) is 0 Å². The molecule has 0 bridgehead atoms. The van der Waals surface area contributed by atoms with Crippen molar-refractivity contribution in [3.05, 3.63) is 29.3 Å². The molecule has 0 radical (unpaired) electrons. The number of hydrogen-bond donors (Lipinski definition) is 1. The van der Waals surface area contributed by atoms with Crippen molar-refractivity contribution in [2.45, 2.75) is 51.9 Å². The van der Waals surface area contributed by atoms with Crippen molar-refractivity contribution in [3.8, 4) is 0 Å². The first-order valence-corrected chi connectivity index (χ1v) is 9.11. The number of fused-ring (bicyclic) bond motifs is 1. The van der Waals surface area contributed by atoms with E-state index >= 15 is 0 Å². The van der Waals surface area contributed by atoms with Gasteiger partial charge >= 0.3 is 0 Å². The molecule has 1 saturated carbocycles. The van der Waals surface area contributed by atoms with E-state index in [-0.39, 0.29) is 0 Å². The zero-order valence-electron chi connectivity index (χ0n) is 13.0. The first-order chi connectivity index (χ1) is 10.2. The molecule has 114 valence electrons. The molecule has 0 spiro atoms. The number of hydrogen-bond acceptors (Lipinski definition) is 3.